The molecular weight excluding hydrogens is 550 g/mol. The molecule has 2 aliphatic rings. The van der Waals surface area contributed by atoms with E-state index in [1.165, 1.54) is 0 Å². The second-order valence-corrected chi connectivity index (χ2v) is 11.5. The minimum atomic E-state index is -5.09. The van der Waals surface area contributed by atoms with Crippen LogP contribution in [0.3, 0.4) is 0 Å². The molecule has 0 aromatic heterocycles. The van der Waals surface area contributed by atoms with E-state index in [0.29, 0.717) is 44.2 Å². The number of rotatable bonds is 8. The summed E-state index contributed by atoms with van der Waals surface area (Å²) in [6.07, 6.45) is -7.90. The summed E-state index contributed by atoms with van der Waals surface area (Å²) in [4.78, 5) is 14.3. The van der Waals surface area contributed by atoms with E-state index in [0.717, 1.165) is 12.8 Å². The Bertz CT molecular complexity index is 1200. The highest BCUT2D eigenvalue weighted by Gasteiger charge is 2.49. The number of benzene rings is 2. The summed E-state index contributed by atoms with van der Waals surface area (Å²) in [7, 11) is 1.59. The summed E-state index contributed by atoms with van der Waals surface area (Å²) in [5.41, 5.74) is 0.868. The zero-order valence-corrected chi connectivity index (χ0v) is 23.0. The third-order valence-corrected chi connectivity index (χ3v) is 8.99. The van der Waals surface area contributed by atoms with Crippen molar-refractivity contribution in [1.82, 2.24) is 4.90 Å². The standard InChI is InChI=1S/C30H36F6N2O3/c1-41-19-27(18-39)11-13-38(14-12-27)23-7-9-28(10-8-23,21-5-3-2-4-6-21)26-20(16-25(37)40)15-22(29(31,32)33)17-24(26)30(34,35)36/h2-6,15,17,23,39H,7-14,16,18-19H2,1H3,(H2,37,40). The highest BCUT2D eigenvalue weighted by Crippen LogP contribution is 2.52. The number of likely N-dealkylation sites (tertiary alicyclic amines) is 1. The lowest BCUT2D eigenvalue weighted by molar-refractivity contribution is -0.144. The van der Waals surface area contributed by atoms with Crippen molar-refractivity contribution in [3.8, 4) is 0 Å². The molecule has 4 rings (SSSR count). The zero-order chi connectivity index (χ0) is 30.1. The van der Waals surface area contributed by atoms with Crippen LogP contribution in [-0.2, 0) is 33.7 Å². The molecule has 1 saturated heterocycles. The number of carbonyl (C=O) groups is 1. The molecule has 0 spiro atoms. The Balaban J connectivity index is 1.77. The topological polar surface area (TPSA) is 75.8 Å². The number of halogens is 6. The van der Waals surface area contributed by atoms with Gasteiger partial charge in [0, 0.05) is 24.0 Å². The summed E-state index contributed by atoms with van der Waals surface area (Å²) in [6.45, 7) is 1.85. The Kier molecular flexibility index (Phi) is 9.11. The van der Waals surface area contributed by atoms with E-state index in [1.807, 2.05) is 0 Å². The van der Waals surface area contributed by atoms with E-state index in [4.69, 9.17) is 10.5 Å². The van der Waals surface area contributed by atoms with Gasteiger partial charge in [0.05, 0.1) is 30.8 Å². The van der Waals surface area contributed by atoms with Gasteiger partial charge in [-0.25, -0.2) is 0 Å². The monoisotopic (exact) mass is 586 g/mol. The van der Waals surface area contributed by atoms with E-state index in [9.17, 15) is 36.2 Å². The van der Waals surface area contributed by atoms with Gasteiger partial charge in [-0.3, -0.25) is 4.79 Å². The molecule has 0 radical (unpaired) electrons. The highest BCUT2D eigenvalue weighted by atomic mass is 19.4. The van der Waals surface area contributed by atoms with Gasteiger partial charge in [0.25, 0.3) is 0 Å². The molecule has 1 amide bonds. The number of ether oxygens (including phenoxy) is 1. The Labute approximate surface area is 235 Å². The Morgan fingerprint density at radius 1 is 1.00 bits per heavy atom. The molecule has 1 heterocycles. The van der Waals surface area contributed by atoms with Gasteiger partial charge in [-0.05, 0) is 80.4 Å². The molecule has 1 saturated carbocycles. The molecule has 2 fully saturated rings. The normalized spacial score (nSPS) is 23.9. The molecule has 1 aliphatic carbocycles. The fourth-order valence-corrected chi connectivity index (χ4v) is 6.90. The third kappa shape index (κ3) is 6.57. The van der Waals surface area contributed by atoms with E-state index >= 15 is 0 Å². The van der Waals surface area contributed by atoms with Crippen LogP contribution in [0.1, 0.15) is 66.3 Å². The van der Waals surface area contributed by atoms with Gasteiger partial charge in [0.2, 0.25) is 5.91 Å². The summed E-state index contributed by atoms with van der Waals surface area (Å²) < 4.78 is 90.3. The molecule has 226 valence electrons. The van der Waals surface area contributed by atoms with Crippen molar-refractivity contribution in [3.63, 3.8) is 0 Å². The number of aliphatic hydroxyl groups is 1. The summed E-state index contributed by atoms with van der Waals surface area (Å²) in [6, 6.07) is 9.42. The zero-order valence-electron chi connectivity index (χ0n) is 23.0. The number of piperidine rings is 1. The number of methoxy groups -OCH3 is 1. The van der Waals surface area contributed by atoms with E-state index in [-0.39, 0.29) is 48.1 Å². The van der Waals surface area contributed by atoms with Crippen LogP contribution in [0.2, 0.25) is 0 Å². The quantitative estimate of drug-likeness (QED) is 0.389. The lowest BCUT2D eigenvalue weighted by atomic mass is 9.61. The largest absolute Gasteiger partial charge is 0.416 e. The molecule has 11 heteroatoms. The van der Waals surface area contributed by atoms with Crippen LogP contribution in [0.4, 0.5) is 26.3 Å². The van der Waals surface area contributed by atoms with Crippen molar-refractivity contribution in [1.29, 1.82) is 0 Å². The van der Waals surface area contributed by atoms with Gasteiger partial charge in [-0.1, -0.05) is 30.3 Å². The molecule has 5 nitrogen and oxygen atoms in total. The van der Waals surface area contributed by atoms with Crippen LogP contribution in [0.15, 0.2) is 42.5 Å². The van der Waals surface area contributed by atoms with Crippen molar-refractivity contribution < 1.29 is 41.0 Å². The summed E-state index contributed by atoms with van der Waals surface area (Å²) in [5, 5.41) is 9.95. The number of primary amides is 1. The molecule has 0 unspecified atom stereocenters. The van der Waals surface area contributed by atoms with Crippen molar-refractivity contribution >= 4 is 5.91 Å². The van der Waals surface area contributed by atoms with Gasteiger partial charge < -0.3 is 20.5 Å². The van der Waals surface area contributed by atoms with Gasteiger partial charge >= 0.3 is 12.4 Å². The first-order valence-corrected chi connectivity index (χ1v) is 13.7. The maximum Gasteiger partial charge on any atom is 0.416 e. The number of amides is 1. The number of aliphatic hydroxyl groups excluding tert-OH is 1. The smallest absolute Gasteiger partial charge is 0.396 e. The van der Waals surface area contributed by atoms with E-state index in [1.54, 1.807) is 37.4 Å². The first-order chi connectivity index (χ1) is 19.2. The molecule has 2 aromatic rings. The van der Waals surface area contributed by atoms with Crippen LogP contribution in [0.5, 0.6) is 0 Å². The van der Waals surface area contributed by atoms with Gasteiger partial charge in [-0.2, -0.15) is 26.3 Å². The molecular formula is C30H36F6N2O3. The number of hydrogen-bond donors (Lipinski definition) is 2. The van der Waals surface area contributed by atoms with Crippen LogP contribution in [0, 0.1) is 5.41 Å². The van der Waals surface area contributed by atoms with Crippen LogP contribution in [-0.4, -0.2) is 55.4 Å². The predicted molar refractivity (Wildman–Crippen MR) is 141 cm³/mol. The Morgan fingerprint density at radius 2 is 1.61 bits per heavy atom. The minimum absolute atomic E-state index is 0.00719. The maximum absolute atomic E-state index is 14.6. The second-order valence-electron chi connectivity index (χ2n) is 11.5. The predicted octanol–water partition coefficient (Wildman–Crippen LogP) is 5.70. The first-order valence-electron chi connectivity index (χ1n) is 13.7. The fraction of sp³-hybridized carbons (Fsp3) is 0.567. The van der Waals surface area contributed by atoms with E-state index in [2.05, 4.69) is 4.90 Å². The number of nitrogens with zero attached hydrogens (tertiary/aromatic N) is 1. The van der Waals surface area contributed by atoms with Crippen LogP contribution >= 0.6 is 0 Å². The van der Waals surface area contributed by atoms with Gasteiger partial charge in [0.15, 0.2) is 0 Å². The SMILES string of the molecule is COCC1(CO)CCN(C2CCC(c3ccccc3)(c3c(CC(N)=O)cc(C(F)(F)F)cc3C(F)(F)F)CC2)CC1. The summed E-state index contributed by atoms with van der Waals surface area (Å²) >= 11 is 0. The van der Waals surface area contributed by atoms with Gasteiger partial charge in [0.1, 0.15) is 0 Å². The third-order valence-electron chi connectivity index (χ3n) is 8.99. The van der Waals surface area contributed by atoms with Crippen LogP contribution < -0.4 is 5.73 Å². The summed E-state index contributed by atoms with van der Waals surface area (Å²) in [5.74, 6) is -1.01. The molecule has 0 atom stereocenters. The maximum atomic E-state index is 14.6. The van der Waals surface area contributed by atoms with Crippen molar-refractivity contribution in [2.24, 2.45) is 11.1 Å². The number of hydrogen-bond acceptors (Lipinski definition) is 4. The molecule has 0 bridgehead atoms. The average molecular weight is 587 g/mol. The Morgan fingerprint density at radius 3 is 2.10 bits per heavy atom. The fourth-order valence-electron chi connectivity index (χ4n) is 6.90. The molecule has 1 aliphatic heterocycles. The molecule has 41 heavy (non-hydrogen) atoms. The lowest BCUT2D eigenvalue weighted by Crippen LogP contribution is -2.50. The number of nitrogens with two attached hydrogens (primary N) is 1. The van der Waals surface area contributed by atoms with E-state index < -0.39 is 41.2 Å². The molecule has 3 N–H and O–H groups in total. The minimum Gasteiger partial charge on any atom is -0.396 e. The van der Waals surface area contributed by atoms with Crippen LogP contribution in [0.25, 0.3) is 0 Å². The van der Waals surface area contributed by atoms with Gasteiger partial charge in [-0.15, -0.1) is 0 Å². The highest BCUT2D eigenvalue weighted by molar-refractivity contribution is 5.78. The Hall–Kier alpha value is -2.63. The number of alkyl halides is 6. The average Bonchev–Trinajstić information content (AvgIpc) is 2.92. The number of carbonyl (C=O) groups excluding carboxylic acids is 1. The van der Waals surface area contributed by atoms with Crippen molar-refractivity contribution in [3.05, 3.63) is 70.3 Å². The van der Waals surface area contributed by atoms with Crippen molar-refractivity contribution in [2.75, 3.05) is 33.4 Å². The molecule has 2 aromatic carbocycles. The second kappa shape index (κ2) is 11.9. The lowest BCUT2D eigenvalue weighted by Gasteiger charge is -2.49. The van der Waals surface area contributed by atoms with Crippen molar-refractivity contribution in [2.45, 2.75) is 68.8 Å². The first kappa shape index (κ1) is 31.3.